The summed E-state index contributed by atoms with van der Waals surface area (Å²) < 4.78 is 2.99. The third kappa shape index (κ3) is 5.03. The highest BCUT2D eigenvalue weighted by atomic mass is 32.2. The number of thiazole rings is 1. The summed E-state index contributed by atoms with van der Waals surface area (Å²) in [6.45, 7) is 1.92. The molecule has 0 saturated heterocycles. The fourth-order valence-electron chi connectivity index (χ4n) is 0.952. The molecule has 0 unspecified atom stereocenters. The van der Waals surface area contributed by atoms with Crippen molar-refractivity contribution in [2.24, 2.45) is 21.5 Å². The first kappa shape index (κ1) is 14.3. The molecule has 0 spiro atoms. The van der Waals surface area contributed by atoms with Gasteiger partial charge in [-0.3, -0.25) is 0 Å². The van der Waals surface area contributed by atoms with Crippen molar-refractivity contribution in [2.75, 3.05) is 0 Å². The number of nitrogens with two attached hydrogens (primary N) is 2. The van der Waals surface area contributed by atoms with Gasteiger partial charge in [0.15, 0.2) is 5.96 Å². The monoisotopic (exact) mass is 283 g/mol. The van der Waals surface area contributed by atoms with E-state index in [1.165, 1.54) is 23.3 Å². The molecule has 9 heteroatoms. The lowest BCUT2D eigenvalue weighted by molar-refractivity contribution is 1.18. The first-order valence-corrected chi connectivity index (χ1v) is 6.89. The molecule has 7 nitrogen and oxygen atoms in total. The summed E-state index contributed by atoms with van der Waals surface area (Å²) in [6, 6.07) is 0. The van der Waals surface area contributed by atoms with Gasteiger partial charge in [-0.2, -0.15) is 15.2 Å². The average molecular weight is 283 g/mol. The van der Waals surface area contributed by atoms with Crippen LogP contribution in [0, 0.1) is 11.5 Å². The molecule has 0 bridgehead atoms. The van der Waals surface area contributed by atoms with E-state index in [0.29, 0.717) is 23.1 Å². The van der Waals surface area contributed by atoms with Gasteiger partial charge in [-0.25, -0.2) is 4.98 Å². The van der Waals surface area contributed by atoms with Crippen LogP contribution in [-0.2, 0) is 5.75 Å². The van der Waals surface area contributed by atoms with Crippen LogP contribution in [0.2, 0.25) is 0 Å². The Bertz CT molecular complexity index is 481. The first-order valence-electron chi connectivity index (χ1n) is 5.03. The summed E-state index contributed by atoms with van der Waals surface area (Å²) in [5, 5.41) is 10.8. The highest BCUT2D eigenvalue weighted by Gasteiger charge is 2.02. The van der Waals surface area contributed by atoms with E-state index in [-0.39, 0.29) is 5.96 Å². The van der Waals surface area contributed by atoms with Gasteiger partial charge in [-0.05, 0) is 11.9 Å². The Morgan fingerprint density at radius 1 is 1.67 bits per heavy atom. The van der Waals surface area contributed by atoms with E-state index >= 15 is 0 Å². The fraction of sp³-hybridized carbons (Fsp3) is 0.333. The summed E-state index contributed by atoms with van der Waals surface area (Å²) in [5.41, 5.74) is 11.4. The van der Waals surface area contributed by atoms with Crippen molar-refractivity contribution >= 4 is 40.2 Å². The van der Waals surface area contributed by atoms with Crippen molar-refractivity contribution in [3.8, 4) is 6.19 Å². The third-order valence-corrected chi connectivity index (χ3v) is 3.30. The van der Waals surface area contributed by atoms with Crippen molar-refractivity contribution in [1.29, 1.82) is 5.26 Å². The number of nitriles is 1. The molecule has 0 aliphatic heterocycles. The lowest BCUT2D eigenvalue weighted by Gasteiger charge is -2.03. The normalized spacial score (nSPS) is 10.8. The molecule has 0 saturated carbocycles. The van der Waals surface area contributed by atoms with Gasteiger partial charge in [0.25, 0.3) is 0 Å². The molecule has 0 aliphatic rings. The number of aromatic nitrogens is 1. The second-order valence-corrected chi connectivity index (χ2v) is 4.68. The number of nitrogens with zero attached hydrogens (tertiary/aromatic N) is 4. The molecule has 1 heterocycles. The van der Waals surface area contributed by atoms with Crippen LogP contribution < -0.4 is 16.2 Å². The largest absolute Gasteiger partial charge is 0.370 e. The predicted molar refractivity (Wildman–Crippen MR) is 75.4 cm³/mol. The van der Waals surface area contributed by atoms with Crippen LogP contribution in [-0.4, -0.2) is 16.8 Å². The van der Waals surface area contributed by atoms with E-state index in [1.54, 1.807) is 6.19 Å². The van der Waals surface area contributed by atoms with Gasteiger partial charge in [-0.1, -0.05) is 6.92 Å². The Balaban J connectivity index is 2.45. The van der Waals surface area contributed by atoms with E-state index in [2.05, 4.69) is 19.7 Å². The molecule has 1 aromatic heterocycles. The number of hydrogen-bond donors (Lipinski definition) is 3. The molecule has 96 valence electrons. The molecule has 1 aromatic rings. The van der Waals surface area contributed by atoms with Crippen LogP contribution in [0.1, 0.15) is 19.0 Å². The van der Waals surface area contributed by atoms with Gasteiger partial charge in [0.1, 0.15) is 5.84 Å². The van der Waals surface area contributed by atoms with Crippen LogP contribution in [0.3, 0.4) is 0 Å². The Labute approximate surface area is 113 Å². The molecular formula is C9H13N7S2. The van der Waals surface area contributed by atoms with E-state index in [1.807, 2.05) is 12.3 Å². The standard InChI is InChI=1S/C9H13N7S2/c1-2-7(13-5-10)16-18-4-6-3-17-9(14-6)15-8(11)12/h3H,2,4H2,1H3,(H,13,16)(H4,11,12,14,15). The van der Waals surface area contributed by atoms with E-state index < -0.39 is 0 Å². The molecule has 0 aliphatic carbocycles. The second kappa shape index (κ2) is 7.52. The first-order chi connectivity index (χ1) is 8.65. The summed E-state index contributed by atoms with van der Waals surface area (Å²) in [7, 11) is 0. The maximum absolute atomic E-state index is 8.44. The maximum Gasteiger partial charge on any atom is 0.212 e. The Morgan fingerprint density at radius 3 is 3.06 bits per heavy atom. The zero-order valence-electron chi connectivity index (χ0n) is 9.75. The van der Waals surface area contributed by atoms with Crippen molar-refractivity contribution in [1.82, 2.24) is 9.71 Å². The molecule has 0 amide bonds. The lowest BCUT2D eigenvalue weighted by atomic mass is 10.5. The molecular weight excluding hydrogens is 270 g/mol. The molecule has 5 N–H and O–H groups in total. The highest BCUT2D eigenvalue weighted by Crippen LogP contribution is 2.20. The summed E-state index contributed by atoms with van der Waals surface area (Å²) in [4.78, 5) is 11.7. The number of hydrogen-bond acceptors (Lipinski definition) is 6. The molecule has 18 heavy (non-hydrogen) atoms. The van der Waals surface area contributed by atoms with Gasteiger partial charge in [0.05, 0.1) is 11.4 Å². The zero-order valence-corrected chi connectivity index (χ0v) is 11.4. The molecule has 0 fully saturated rings. The number of rotatable bonds is 5. The Hall–Kier alpha value is -1.79. The molecule has 1 rings (SSSR count). The summed E-state index contributed by atoms with van der Waals surface area (Å²) >= 11 is 2.78. The van der Waals surface area contributed by atoms with Gasteiger partial charge in [-0.15, -0.1) is 11.3 Å². The summed E-state index contributed by atoms with van der Waals surface area (Å²) in [5.74, 6) is 1.28. The van der Waals surface area contributed by atoms with Crippen LogP contribution in [0.4, 0.5) is 5.13 Å². The number of guanidine groups is 1. The van der Waals surface area contributed by atoms with Crippen LogP contribution in [0.5, 0.6) is 0 Å². The zero-order chi connectivity index (χ0) is 13.4. The van der Waals surface area contributed by atoms with Crippen molar-refractivity contribution in [2.45, 2.75) is 19.1 Å². The number of nitrogens with one attached hydrogen (secondary N) is 1. The number of aliphatic imine (C=N–C) groups is 2. The molecule has 0 radical (unpaired) electrons. The van der Waals surface area contributed by atoms with Gasteiger partial charge >= 0.3 is 0 Å². The van der Waals surface area contributed by atoms with Crippen LogP contribution in [0.15, 0.2) is 15.4 Å². The van der Waals surface area contributed by atoms with E-state index in [4.69, 9.17) is 16.7 Å². The molecule has 0 aromatic carbocycles. The maximum atomic E-state index is 8.44. The van der Waals surface area contributed by atoms with E-state index in [0.717, 1.165) is 5.69 Å². The minimum Gasteiger partial charge on any atom is -0.370 e. The smallest absolute Gasteiger partial charge is 0.212 e. The van der Waals surface area contributed by atoms with Crippen molar-refractivity contribution in [3.63, 3.8) is 0 Å². The Kier molecular flexibility index (Phi) is 5.96. The molecule has 0 atom stereocenters. The van der Waals surface area contributed by atoms with Crippen LogP contribution in [0.25, 0.3) is 0 Å². The van der Waals surface area contributed by atoms with Gasteiger partial charge < -0.3 is 16.2 Å². The third-order valence-electron chi connectivity index (χ3n) is 1.69. The minimum absolute atomic E-state index is 0.00361. The SMILES string of the molecule is CCC(=NC#N)NSCc1csc(N=C(N)N)n1. The van der Waals surface area contributed by atoms with Crippen molar-refractivity contribution in [3.05, 3.63) is 11.1 Å². The fourth-order valence-corrected chi connectivity index (χ4v) is 2.49. The average Bonchev–Trinajstić information content (AvgIpc) is 2.74. The highest BCUT2D eigenvalue weighted by molar-refractivity contribution is 7.97. The van der Waals surface area contributed by atoms with Crippen LogP contribution >= 0.6 is 23.3 Å². The van der Waals surface area contributed by atoms with Gasteiger partial charge in [0, 0.05) is 11.8 Å². The quantitative estimate of drug-likeness (QED) is 0.321. The van der Waals surface area contributed by atoms with Gasteiger partial charge in [0.2, 0.25) is 11.3 Å². The van der Waals surface area contributed by atoms with E-state index in [9.17, 15) is 0 Å². The Morgan fingerprint density at radius 2 is 2.44 bits per heavy atom. The topological polar surface area (TPSA) is 125 Å². The lowest BCUT2D eigenvalue weighted by Crippen LogP contribution is -2.21. The number of amidine groups is 1. The predicted octanol–water partition coefficient (Wildman–Crippen LogP) is 1.08. The summed E-state index contributed by atoms with van der Waals surface area (Å²) in [6.07, 6.45) is 2.42. The van der Waals surface area contributed by atoms with Crippen molar-refractivity contribution < 1.29 is 0 Å². The minimum atomic E-state index is -0.00361. The second-order valence-electron chi connectivity index (χ2n) is 3.06.